The van der Waals surface area contributed by atoms with E-state index in [1.807, 2.05) is 12.1 Å². The maximum Gasteiger partial charge on any atom is 0.259 e. The van der Waals surface area contributed by atoms with Gasteiger partial charge in [-0.3, -0.25) is 9.36 Å². The van der Waals surface area contributed by atoms with Gasteiger partial charge in [-0.2, -0.15) is 4.98 Å². The van der Waals surface area contributed by atoms with Crippen molar-refractivity contribution in [2.45, 2.75) is 18.8 Å². The zero-order chi connectivity index (χ0) is 26.9. The molecule has 0 saturated carbocycles. The summed E-state index contributed by atoms with van der Waals surface area (Å²) in [5, 5.41) is 7.72. The van der Waals surface area contributed by atoms with Crippen molar-refractivity contribution in [3.63, 3.8) is 0 Å². The van der Waals surface area contributed by atoms with Crippen molar-refractivity contribution >= 4 is 34.3 Å². The number of anilines is 2. The Hall–Kier alpha value is -4.07. The van der Waals surface area contributed by atoms with Gasteiger partial charge in [0.25, 0.3) is 5.56 Å². The Balaban J connectivity index is 1.28. The third kappa shape index (κ3) is 5.03. The van der Waals surface area contributed by atoms with Crippen LogP contribution in [0.5, 0.6) is 0 Å². The van der Waals surface area contributed by atoms with Crippen LogP contribution in [0.4, 0.5) is 16.0 Å². The summed E-state index contributed by atoms with van der Waals surface area (Å²) in [5.41, 5.74) is 4.58. The molecule has 39 heavy (non-hydrogen) atoms. The van der Waals surface area contributed by atoms with Gasteiger partial charge >= 0.3 is 0 Å². The molecule has 1 fully saturated rings. The van der Waals surface area contributed by atoms with Gasteiger partial charge in [0.2, 0.25) is 5.95 Å². The third-order valence-corrected chi connectivity index (χ3v) is 7.68. The quantitative estimate of drug-likeness (QED) is 0.261. The minimum atomic E-state index is -0.331. The lowest BCUT2D eigenvalue weighted by Crippen LogP contribution is -2.26. The Kier molecular flexibility index (Phi) is 6.85. The minimum absolute atomic E-state index is 0.237. The van der Waals surface area contributed by atoms with Crippen molar-refractivity contribution in [3.05, 3.63) is 106 Å². The van der Waals surface area contributed by atoms with E-state index in [1.54, 1.807) is 55.7 Å². The molecule has 0 radical (unpaired) electrons. The Morgan fingerprint density at radius 2 is 1.74 bits per heavy atom. The fraction of sp³-hybridized carbons (Fsp3) is 0.194. The number of pyridine rings is 1. The number of benzene rings is 3. The number of hydrogen-bond acceptors (Lipinski definition) is 5. The summed E-state index contributed by atoms with van der Waals surface area (Å²) >= 11 is 6.60. The molecule has 5 aromatic rings. The molecule has 0 aliphatic carbocycles. The molecule has 1 aliphatic heterocycles. The molecule has 0 atom stereocenters. The number of piperidine rings is 1. The number of aromatic nitrogens is 3. The molecule has 6 rings (SSSR count). The van der Waals surface area contributed by atoms with E-state index in [0.717, 1.165) is 31.6 Å². The molecular formula is C31H27ClFN5O. The zero-order valence-corrected chi connectivity index (χ0v) is 22.2. The molecule has 2 N–H and O–H groups in total. The summed E-state index contributed by atoms with van der Waals surface area (Å²) in [4.78, 5) is 22.5. The van der Waals surface area contributed by atoms with Crippen LogP contribution in [-0.4, -0.2) is 27.6 Å². The predicted octanol–water partition coefficient (Wildman–Crippen LogP) is 6.67. The van der Waals surface area contributed by atoms with Crippen LogP contribution in [0.25, 0.3) is 33.3 Å². The van der Waals surface area contributed by atoms with Gasteiger partial charge < -0.3 is 10.6 Å². The fourth-order valence-electron chi connectivity index (χ4n) is 5.22. The van der Waals surface area contributed by atoms with Crippen LogP contribution in [0.1, 0.15) is 24.3 Å². The summed E-state index contributed by atoms with van der Waals surface area (Å²) in [5.74, 6) is 0.666. The van der Waals surface area contributed by atoms with Gasteiger partial charge in [-0.05, 0) is 73.3 Å². The average molecular weight is 540 g/mol. The van der Waals surface area contributed by atoms with Crippen LogP contribution in [-0.2, 0) is 7.05 Å². The van der Waals surface area contributed by atoms with E-state index in [9.17, 15) is 9.18 Å². The Morgan fingerprint density at radius 1 is 0.974 bits per heavy atom. The smallest absolute Gasteiger partial charge is 0.259 e. The summed E-state index contributed by atoms with van der Waals surface area (Å²) in [6.07, 6.45) is 3.99. The molecule has 0 spiro atoms. The first kappa shape index (κ1) is 25.2. The van der Waals surface area contributed by atoms with Crippen molar-refractivity contribution in [2.75, 3.05) is 18.4 Å². The lowest BCUT2D eigenvalue weighted by Gasteiger charge is -2.23. The van der Waals surface area contributed by atoms with E-state index >= 15 is 0 Å². The van der Waals surface area contributed by atoms with E-state index < -0.39 is 0 Å². The molecule has 8 heteroatoms. The fourth-order valence-corrected chi connectivity index (χ4v) is 5.50. The van der Waals surface area contributed by atoms with Gasteiger partial charge in [-0.25, -0.2) is 9.37 Å². The molecule has 6 nitrogen and oxygen atoms in total. The van der Waals surface area contributed by atoms with E-state index in [1.165, 1.54) is 16.2 Å². The second-order valence-electron chi connectivity index (χ2n) is 9.84. The first-order chi connectivity index (χ1) is 19.0. The van der Waals surface area contributed by atoms with E-state index in [-0.39, 0.29) is 11.4 Å². The predicted molar refractivity (Wildman–Crippen MR) is 155 cm³/mol. The van der Waals surface area contributed by atoms with E-state index in [4.69, 9.17) is 11.6 Å². The van der Waals surface area contributed by atoms with Crippen molar-refractivity contribution in [1.82, 2.24) is 19.9 Å². The van der Waals surface area contributed by atoms with Crippen LogP contribution in [0, 0.1) is 5.82 Å². The van der Waals surface area contributed by atoms with E-state index in [2.05, 4.69) is 32.7 Å². The normalized spacial score (nSPS) is 14.0. The largest absolute Gasteiger partial charge is 0.324 e. The first-order valence-corrected chi connectivity index (χ1v) is 13.3. The van der Waals surface area contributed by atoms with Crippen LogP contribution < -0.4 is 16.2 Å². The Bertz CT molecular complexity index is 1730. The molecule has 0 bridgehead atoms. The molecule has 196 valence electrons. The summed E-state index contributed by atoms with van der Waals surface area (Å²) in [7, 11) is 1.68. The van der Waals surface area contributed by atoms with Crippen molar-refractivity contribution in [3.8, 4) is 22.3 Å². The molecule has 2 aromatic heterocycles. The Morgan fingerprint density at radius 3 is 2.49 bits per heavy atom. The number of fused-ring (bicyclic) bond motifs is 1. The zero-order valence-electron chi connectivity index (χ0n) is 21.4. The maximum atomic E-state index is 14.3. The number of rotatable bonds is 5. The number of halogens is 2. The van der Waals surface area contributed by atoms with Gasteiger partial charge in [0.1, 0.15) is 11.5 Å². The molecule has 1 saturated heterocycles. The molecule has 1 aliphatic rings. The highest BCUT2D eigenvalue weighted by molar-refractivity contribution is 6.33. The lowest BCUT2D eigenvalue weighted by atomic mass is 9.90. The van der Waals surface area contributed by atoms with Gasteiger partial charge in [-0.15, -0.1) is 0 Å². The summed E-state index contributed by atoms with van der Waals surface area (Å²) in [6.45, 7) is 2.11. The van der Waals surface area contributed by atoms with Crippen molar-refractivity contribution in [1.29, 1.82) is 0 Å². The first-order valence-electron chi connectivity index (χ1n) is 13.0. The molecule has 3 aromatic carbocycles. The highest BCUT2D eigenvalue weighted by Crippen LogP contribution is 2.33. The molecular weight excluding hydrogens is 513 g/mol. The second kappa shape index (κ2) is 10.6. The number of nitrogens with zero attached hydrogens (tertiary/aromatic N) is 3. The van der Waals surface area contributed by atoms with Gasteiger partial charge in [0.05, 0.1) is 0 Å². The summed E-state index contributed by atoms with van der Waals surface area (Å²) < 4.78 is 15.8. The number of aryl methyl sites for hydroxylation is 1. The van der Waals surface area contributed by atoms with Gasteiger partial charge in [0, 0.05) is 46.0 Å². The number of nitrogens with one attached hydrogen (secondary N) is 2. The standard InChI is InChI=1S/C31H27ClFN5O/c1-38-29-22(18-35-31(37-29)36-23-9-6-19(7-10-23)20-12-14-34-15-13-20)16-26(30(38)39)25-11-8-21(17-27(25)32)24-4-2-3-5-28(24)33/h2-11,16-18,20,34H,12-15H2,1H3,(H,35,36,37). The number of hydrogen-bond donors (Lipinski definition) is 2. The lowest BCUT2D eigenvalue weighted by molar-refractivity contribution is 0.460. The summed E-state index contributed by atoms with van der Waals surface area (Å²) in [6, 6.07) is 21.9. The third-order valence-electron chi connectivity index (χ3n) is 7.37. The minimum Gasteiger partial charge on any atom is -0.324 e. The highest BCUT2D eigenvalue weighted by Gasteiger charge is 2.17. The van der Waals surface area contributed by atoms with E-state index in [0.29, 0.717) is 50.2 Å². The average Bonchev–Trinajstić information content (AvgIpc) is 2.96. The van der Waals surface area contributed by atoms with Crippen molar-refractivity contribution < 1.29 is 4.39 Å². The van der Waals surface area contributed by atoms with Gasteiger partial charge in [0.15, 0.2) is 0 Å². The topological polar surface area (TPSA) is 71.8 Å². The molecule has 0 unspecified atom stereocenters. The van der Waals surface area contributed by atoms with Crippen LogP contribution >= 0.6 is 11.6 Å². The van der Waals surface area contributed by atoms with Gasteiger partial charge in [-0.1, -0.05) is 54.1 Å². The van der Waals surface area contributed by atoms with Crippen molar-refractivity contribution in [2.24, 2.45) is 7.05 Å². The SMILES string of the molecule is Cn1c(=O)c(-c2ccc(-c3ccccc3F)cc2Cl)cc2cnc(Nc3ccc(C4CCNCC4)cc3)nc21. The van der Waals surface area contributed by atoms with Crippen LogP contribution in [0.2, 0.25) is 5.02 Å². The Labute approximate surface area is 230 Å². The molecule has 3 heterocycles. The monoisotopic (exact) mass is 539 g/mol. The van der Waals surface area contributed by atoms with Crippen LogP contribution in [0.3, 0.4) is 0 Å². The highest BCUT2D eigenvalue weighted by atomic mass is 35.5. The molecule has 0 amide bonds. The second-order valence-corrected chi connectivity index (χ2v) is 10.2. The van der Waals surface area contributed by atoms with Crippen LogP contribution in [0.15, 0.2) is 83.8 Å². The maximum absolute atomic E-state index is 14.3.